The van der Waals surface area contributed by atoms with Gasteiger partial charge in [-0.25, -0.2) is 0 Å². The van der Waals surface area contributed by atoms with Crippen molar-refractivity contribution in [1.29, 1.82) is 5.41 Å². The van der Waals surface area contributed by atoms with Crippen LogP contribution in [0.5, 0.6) is 0 Å². The summed E-state index contributed by atoms with van der Waals surface area (Å²) in [6.45, 7) is 4.38. The van der Waals surface area contributed by atoms with Gasteiger partial charge in [-0.3, -0.25) is 0 Å². The van der Waals surface area contributed by atoms with Gasteiger partial charge in [-0.05, 0) is 55.4 Å². The molecule has 3 N–H and O–H groups in total. The Kier molecular flexibility index (Phi) is 6.85. The maximum atomic E-state index is 6.28. The first-order valence-corrected chi connectivity index (χ1v) is 7.85. The van der Waals surface area contributed by atoms with Crippen molar-refractivity contribution in [1.82, 2.24) is 0 Å². The number of nitrogen functional groups attached to an aromatic ring is 1. The number of rotatable bonds is 2. The van der Waals surface area contributed by atoms with Crippen LogP contribution in [0.1, 0.15) is 37.0 Å². The molecule has 1 aliphatic carbocycles. The van der Waals surface area contributed by atoms with Crippen LogP contribution in [0.3, 0.4) is 0 Å². The Morgan fingerprint density at radius 1 is 1.32 bits per heavy atom. The number of aryl methyl sites for hydroxylation is 2. The number of nitrogens with two attached hydrogens (primary N) is 1. The molecule has 0 atom stereocenters. The van der Waals surface area contributed by atoms with Crippen molar-refractivity contribution >= 4 is 27.8 Å². The molecule has 1 aliphatic rings. The number of fused-ring (bicyclic) bond motifs is 1. The first-order chi connectivity index (χ1) is 9.12. The molecule has 0 heterocycles. The van der Waals surface area contributed by atoms with Crippen molar-refractivity contribution < 1.29 is 0 Å². The summed E-state index contributed by atoms with van der Waals surface area (Å²) < 4.78 is 0. The molecule has 1 aromatic rings. The molecule has 0 unspecified atom stereocenters. The minimum Gasteiger partial charge on any atom is -0.398 e. The summed E-state index contributed by atoms with van der Waals surface area (Å²) >= 11 is 3.01. The standard InChI is InChI=1S/C14H19N.C2H4BrN/c1-3-11-8-12-6-4-10(2)5-7-13(12)9-14(11)15;3-1-2-4/h5,8-9H,3-4,6-7,15H2,1-2H3;2,4H,1H2. The number of hydrogen-bond donors (Lipinski definition) is 2. The molecular weight excluding hydrogens is 300 g/mol. The molecule has 0 aromatic heterocycles. The van der Waals surface area contributed by atoms with E-state index in [4.69, 9.17) is 11.1 Å². The molecule has 104 valence electrons. The minimum absolute atomic E-state index is 0.674. The van der Waals surface area contributed by atoms with Crippen LogP contribution < -0.4 is 5.73 Å². The van der Waals surface area contributed by atoms with E-state index in [1.54, 1.807) is 0 Å². The summed E-state index contributed by atoms with van der Waals surface area (Å²) in [7, 11) is 0. The number of alkyl halides is 1. The van der Waals surface area contributed by atoms with Crippen LogP contribution in [0.4, 0.5) is 5.69 Å². The summed E-state index contributed by atoms with van der Waals surface area (Å²) in [5.74, 6) is 0. The number of allylic oxidation sites excluding steroid dienone is 2. The maximum absolute atomic E-state index is 6.28. The van der Waals surface area contributed by atoms with Crippen LogP contribution >= 0.6 is 15.9 Å². The van der Waals surface area contributed by atoms with E-state index in [-0.39, 0.29) is 0 Å². The number of nitrogens with one attached hydrogen (secondary N) is 1. The summed E-state index contributed by atoms with van der Waals surface area (Å²) in [5, 5.41) is 6.95. The summed E-state index contributed by atoms with van der Waals surface area (Å²) in [6.07, 6.45) is 8.07. The average Bonchev–Trinajstić information content (AvgIpc) is 2.60. The van der Waals surface area contributed by atoms with Crippen LogP contribution in [0, 0.1) is 5.41 Å². The molecule has 19 heavy (non-hydrogen) atoms. The van der Waals surface area contributed by atoms with E-state index >= 15 is 0 Å². The fourth-order valence-corrected chi connectivity index (χ4v) is 2.21. The third kappa shape index (κ3) is 4.83. The lowest BCUT2D eigenvalue weighted by Crippen LogP contribution is -1.99. The SMILES string of the molecule is CCc1cc2c(cc1N)CC=C(C)CC2.N=CCBr. The van der Waals surface area contributed by atoms with E-state index in [0.29, 0.717) is 5.33 Å². The first kappa shape index (κ1) is 16.0. The second-order valence-electron chi connectivity index (χ2n) is 4.79. The highest BCUT2D eigenvalue weighted by atomic mass is 79.9. The minimum atomic E-state index is 0.674. The normalized spacial score (nSPS) is 13.5. The van der Waals surface area contributed by atoms with Crippen molar-refractivity contribution in [3.8, 4) is 0 Å². The van der Waals surface area contributed by atoms with Crippen LogP contribution in [0.25, 0.3) is 0 Å². The van der Waals surface area contributed by atoms with Crippen molar-refractivity contribution in [2.24, 2.45) is 0 Å². The van der Waals surface area contributed by atoms with E-state index in [2.05, 4.69) is 48.0 Å². The van der Waals surface area contributed by atoms with Gasteiger partial charge < -0.3 is 11.1 Å². The lowest BCUT2D eigenvalue weighted by atomic mass is 9.97. The Balaban J connectivity index is 0.000000399. The fraction of sp³-hybridized carbons (Fsp3) is 0.438. The van der Waals surface area contributed by atoms with Gasteiger partial charge in [0.1, 0.15) is 0 Å². The number of hydrogen-bond acceptors (Lipinski definition) is 2. The molecule has 0 amide bonds. The van der Waals surface area contributed by atoms with Crippen molar-refractivity contribution in [2.45, 2.75) is 39.5 Å². The molecular formula is C16H23BrN2. The third-order valence-corrected chi connectivity index (χ3v) is 3.70. The van der Waals surface area contributed by atoms with Gasteiger partial charge in [-0.1, -0.05) is 40.6 Å². The van der Waals surface area contributed by atoms with Crippen molar-refractivity contribution in [2.75, 3.05) is 11.1 Å². The Bertz CT molecular complexity index is 464. The molecule has 2 rings (SSSR count). The topological polar surface area (TPSA) is 49.9 Å². The Hall–Kier alpha value is -1.09. The lowest BCUT2D eigenvalue weighted by molar-refractivity contribution is 0.942. The largest absolute Gasteiger partial charge is 0.398 e. The van der Waals surface area contributed by atoms with Crippen LogP contribution in [0.15, 0.2) is 23.8 Å². The van der Waals surface area contributed by atoms with Crippen molar-refractivity contribution in [3.05, 3.63) is 40.5 Å². The Morgan fingerprint density at radius 2 is 2.00 bits per heavy atom. The average molecular weight is 323 g/mol. The van der Waals surface area contributed by atoms with E-state index in [9.17, 15) is 0 Å². The number of anilines is 1. The third-order valence-electron chi connectivity index (χ3n) is 3.38. The quantitative estimate of drug-likeness (QED) is 0.363. The monoisotopic (exact) mass is 322 g/mol. The van der Waals surface area contributed by atoms with Crippen LogP contribution in [0.2, 0.25) is 0 Å². The second-order valence-corrected chi connectivity index (χ2v) is 5.43. The van der Waals surface area contributed by atoms with Gasteiger partial charge in [0.2, 0.25) is 0 Å². The van der Waals surface area contributed by atoms with Gasteiger partial charge in [0.15, 0.2) is 0 Å². The summed E-state index contributed by atoms with van der Waals surface area (Å²) in [4.78, 5) is 0. The number of benzene rings is 1. The lowest BCUT2D eigenvalue weighted by Gasteiger charge is -2.10. The molecule has 0 bridgehead atoms. The summed E-state index contributed by atoms with van der Waals surface area (Å²) in [6, 6.07) is 4.47. The smallest absolute Gasteiger partial charge is 0.0379 e. The maximum Gasteiger partial charge on any atom is 0.0379 e. The molecule has 2 nitrogen and oxygen atoms in total. The van der Waals surface area contributed by atoms with E-state index in [1.807, 2.05) is 0 Å². The Morgan fingerprint density at radius 3 is 2.58 bits per heavy atom. The molecule has 0 saturated heterocycles. The number of halogens is 1. The second kappa shape index (κ2) is 8.16. The predicted octanol–water partition coefficient (Wildman–Crippen LogP) is 4.30. The van der Waals surface area contributed by atoms with E-state index < -0.39 is 0 Å². The zero-order valence-electron chi connectivity index (χ0n) is 11.8. The van der Waals surface area contributed by atoms with E-state index in [1.165, 1.54) is 41.3 Å². The zero-order chi connectivity index (χ0) is 14.3. The van der Waals surface area contributed by atoms with Gasteiger partial charge in [0.25, 0.3) is 0 Å². The van der Waals surface area contributed by atoms with Crippen molar-refractivity contribution in [3.63, 3.8) is 0 Å². The van der Waals surface area contributed by atoms with Crippen LogP contribution in [-0.4, -0.2) is 11.5 Å². The summed E-state index contributed by atoms with van der Waals surface area (Å²) in [5.41, 5.74) is 12.7. The molecule has 1 aromatic carbocycles. The fourth-order valence-electron chi connectivity index (χ4n) is 2.21. The van der Waals surface area contributed by atoms with Gasteiger partial charge >= 0.3 is 0 Å². The highest BCUT2D eigenvalue weighted by Gasteiger charge is 2.09. The Labute approximate surface area is 124 Å². The zero-order valence-corrected chi connectivity index (χ0v) is 13.4. The molecule has 0 radical (unpaired) electrons. The van der Waals surface area contributed by atoms with Gasteiger partial charge in [-0.2, -0.15) is 0 Å². The predicted molar refractivity (Wildman–Crippen MR) is 88.6 cm³/mol. The highest BCUT2D eigenvalue weighted by molar-refractivity contribution is 9.09. The first-order valence-electron chi connectivity index (χ1n) is 6.73. The molecule has 0 spiro atoms. The molecule has 0 saturated carbocycles. The van der Waals surface area contributed by atoms with Gasteiger partial charge in [0.05, 0.1) is 0 Å². The van der Waals surface area contributed by atoms with Gasteiger partial charge in [0, 0.05) is 17.2 Å². The molecule has 0 fully saturated rings. The molecule has 3 heteroatoms. The van der Waals surface area contributed by atoms with E-state index in [0.717, 1.165) is 18.5 Å². The highest BCUT2D eigenvalue weighted by Crippen LogP contribution is 2.25. The van der Waals surface area contributed by atoms with Crippen LogP contribution in [-0.2, 0) is 19.3 Å². The van der Waals surface area contributed by atoms with Gasteiger partial charge in [-0.15, -0.1) is 0 Å². The molecule has 0 aliphatic heterocycles.